The van der Waals surface area contributed by atoms with Gasteiger partial charge in [-0.25, -0.2) is 17.9 Å². The number of aliphatic hydroxyl groups excluding tert-OH is 1. The number of nitrogens with two attached hydrogens (primary N) is 1. The minimum Gasteiger partial charge on any atom is -0.394 e. The van der Waals surface area contributed by atoms with Crippen LogP contribution in [0, 0.1) is 5.82 Å². The summed E-state index contributed by atoms with van der Waals surface area (Å²) >= 11 is 0. The summed E-state index contributed by atoms with van der Waals surface area (Å²) in [6.07, 6.45) is 0. The van der Waals surface area contributed by atoms with E-state index in [0.29, 0.717) is 19.8 Å². The summed E-state index contributed by atoms with van der Waals surface area (Å²) in [5.74, 6) is -0.688. The van der Waals surface area contributed by atoms with E-state index in [4.69, 9.17) is 9.88 Å². The molecule has 1 aliphatic rings. The number of aliphatic hydroxyl groups is 1. The second kappa shape index (κ2) is 5.41. The molecule has 1 aliphatic heterocycles. The third-order valence-corrected chi connectivity index (χ3v) is 3.91. The number of primary sulfonamides is 1. The van der Waals surface area contributed by atoms with Crippen LogP contribution < -0.4 is 10.0 Å². The number of sulfonamides is 1. The summed E-state index contributed by atoms with van der Waals surface area (Å²) < 4.78 is 41.5. The van der Waals surface area contributed by atoms with Crippen LogP contribution in [0.1, 0.15) is 0 Å². The first-order valence-corrected chi connectivity index (χ1v) is 7.25. The molecule has 2 rings (SSSR count). The highest BCUT2D eigenvalue weighted by Gasteiger charge is 2.25. The highest BCUT2D eigenvalue weighted by atomic mass is 32.2. The third kappa shape index (κ3) is 3.03. The topological polar surface area (TPSA) is 92.9 Å². The second-order valence-electron chi connectivity index (χ2n) is 4.26. The van der Waals surface area contributed by atoms with E-state index >= 15 is 0 Å². The van der Waals surface area contributed by atoms with Crippen molar-refractivity contribution in [3.8, 4) is 0 Å². The number of ether oxygens (including phenoxy) is 1. The average Bonchev–Trinajstić information content (AvgIpc) is 2.37. The number of rotatable bonds is 3. The van der Waals surface area contributed by atoms with Crippen LogP contribution in [0.15, 0.2) is 23.1 Å². The van der Waals surface area contributed by atoms with Crippen molar-refractivity contribution < 1.29 is 22.7 Å². The summed E-state index contributed by atoms with van der Waals surface area (Å²) in [5, 5.41) is 14.2. The monoisotopic (exact) mass is 290 g/mol. The summed E-state index contributed by atoms with van der Waals surface area (Å²) in [5.41, 5.74) is 0.231. The average molecular weight is 290 g/mol. The number of hydrogen-bond donors (Lipinski definition) is 2. The molecule has 106 valence electrons. The minimum absolute atomic E-state index is 0.170. The number of nitrogens with zero attached hydrogens (tertiary/aromatic N) is 1. The molecule has 0 saturated carbocycles. The molecule has 1 fully saturated rings. The highest BCUT2D eigenvalue weighted by Crippen LogP contribution is 2.25. The first-order chi connectivity index (χ1) is 8.93. The summed E-state index contributed by atoms with van der Waals surface area (Å²) in [4.78, 5) is 1.38. The zero-order chi connectivity index (χ0) is 14.0. The lowest BCUT2D eigenvalue weighted by molar-refractivity contribution is 0.0723. The van der Waals surface area contributed by atoms with Gasteiger partial charge in [-0.3, -0.25) is 0 Å². The zero-order valence-electron chi connectivity index (χ0n) is 10.1. The summed E-state index contributed by atoms with van der Waals surface area (Å²) in [6, 6.07) is 3.14. The second-order valence-corrected chi connectivity index (χ2v) is 5.82. The van der Waals surface area contributed by atoms with Gasteiger partial charge in [0.15, 0.2) is 0 Å². The van der Waals surface area contributed by atoms with Crippen molar-refractivity contribution in [2.24, 2.45) is 5.14 Å². The molecule has 1 atom stereocenters. The Morgan fingerprint density at radius 1 is 1.53 bits per heavy atom. The van der Waals surface area contributed by atoms with Crippen LogP contribution in [0.4, 0.5) is 10.1 Å². The molecule has 1 aromatic carbocycles. The van der Waals surface area contributed by atoms with E-state index < -0.39 is 15.8 Å². The van der Waals surface area contributed by atoms with Crippen molar-refractivity contribution >= 4 is 15.7 Å². The van der Waals surface area contributed by atoms with Crippen molar-refractivity contribution in [2.75, 3.05) is 31.3 Å². The lowest BCUT2D eigenvalue weighted by Gasteiger charge is -2.36. The van der Waals surface area contributed by atoms with Crippen LogP contribution in [0.2, 0.25) is 0 Å². The Morgan fingerprint density at radius 2 is 2.26 bits per heavy atom. The Balaban J connectivity index is 2.35. The Morgan fingerprint density at radius 3 is 2.84 bits per heavy atom. The molecule has 3 N–H and O–H groups in total. The molecule has 19 heavy (non-hydrogen) atoms. The smallest absolute Gasteiger partial charge is 0.238 e. The molecule has 6 nitrogen and oxygen atoms in total. The Labute approximate surface area is 110 Å². The van der Waals surface area contributed by atoms with Crippen LogP contribution in [-0.2, 0) is 14.8 Å². The van der Waals surface area contributed by atoms with Gasteiger partial charge in [-0.15, -0.1) is 0 Å². The van der Waals surface area contributed by atoms with E-state index in [1.165, 1.54) is 12.1 Å². The number of hydrogen-bond acceptors (Lipinski definition) is 5. The van der Waals surface area contributed by atoms with Gasteiger partial charge < -0.3 is 14.7 Å². The predicted molar refractivity (Wildman–Crippen MR) is 66.8 cm³/mol. The zero-order valence-corrected chi connectivity index (χ0v) is 10.9. The van der Waals surface area contributed by atoms with Gasteiger partial charge in [0.2, 0.25) is 10.0 Å². The van der Waals surface area contributed by atoms with Gasteiger partial charge in [-0.1, -0.05) is 0 Å². The maximum absolute atomic E-state index is 14.0. The third-order valence-electron chi connectivity index (χ3n) is 3.00. The van der Waals surface area contributed by atoms with Crippen LogP contribution >= 0.6 is 0 Å². The van der Waals surface area contributed by atoms with Gasteiger partial charge in [0, 0.05) is 6.54 Å². The molecule has 0 aromatic heterocycles. The lowest BCUT2D eigenvalue weighted by atomic mass is 10.2. The molecule has 0 aliphatic carbocycles. The van der Waals surface area contributed by atoms with Gasteiger partial charge in [0.1, 0.15) is 5.82 Å². The number of benzene rings is 1. The van der Waals surface area contributed by atoms with E-state index in [2.05, 4.69) is 0 Å². The van der Waals surface area contributed by atoms with Gasteiger partial charge in [0.05, 0.1) is 36.4 Å². The quantitative estimate of drug-likeness (QED) is 0.795. The fourth-order valence-electron chi connectivity index (χ4n) is 2.02. The van der Waals surface area contributed by atoms with Crippen molar-refractivity contribution in [3.63, 3.8) is 0 Å². The van der Waals surface area contributed by atoms with Crippen molar-refractivity contribution in [1.29, 1.82) is 0 Å². The molecule has 1 aromatic rings. The number of halogens is 1. The lowest BCUT2D eigenvalue weighted by Crippen LogP contribution is -2.48. The first-order valence-electron chi connectivity index (χ1n) is 5.71. The fraction of sp³-hybridized carbons (Fsp3) is 0.455. The molecule has 8 heteroatoms. The SMILES string of the molecule is NS(=O)(=O)c1ccc(N2CCOCC2CO)c(F)c1. The standard InChI is InChI=1S/C11H15FN2O4S/c12-10-5-9(19(13,16)17)1-2-11(10)14-3-4-18-7-8(14)6-15/h1-2,5,8,15H,3-4,6-7H2,(H2,13,16,17). The van der Waals surface area contributed by atoms with Gasteiger partial charge >= 0.3 is 0 Å². The minimum atomic E-state index is -3.92. The van der Waals surface area contributed by atoms with E-state index in [1.54, 1.807) is 4.90 Å². The Hall–Kier alpha value is -1.22. The molecule has 1 heterocycles. The van der Waals surface area contributed by atoms with E-state index in [0.717, 1.165) is 6.07 Å². The first kappa shape index (κ1) is 14.2. The largest absolute Gasteiger partial charge is 0.394 e. The molecule has 0 spiro atoms. The Bertz CT molecular complexity index is 564. The van der Waals surface area contributed by atoms with Crippen LogP contribution in [-0.4, -0.2) is 45.9 Å². The van der Waals surface area contributed by atoms with Crippen molar-refractivity contribution in [3.05, 3.63) is 24.0 Å². The summed E-state index contributed by atoms with van der Waals surface area (Å²) in [7, 11) is -3.92. The molecule has 0 amide bonds. The van der Waals surface area contributed by atoms with Gasteiger partial charge in [-0.05, 0) is 18.2 Å². The highest BCUT2D eigenvalue weighted by molar-refractivity contribution is 7.89. The fourth-order valence-corrected chi connectivity index (χ4v) is 2.55. The molecular formula is C11H15FN2O4S. The molecule has 0 radical (unpaired) electrons. The molecule has 1 saturated heterocycles. The van der Waals surface area contributed by atoms with Crippen LogP contribution in [0.3, 0.4) is 0 Å². The normalized spacial score (nSPS) is 20.6. The Kier molecular flexibility index (Phi) is 4.04. The van der Waals surface area contributed by atoms with E-state index in [1.807, 2.05) is 0 Å². The van der Waals surface area contributed by atoms with Gasteiger partial charge in [-0.2, -0.15) is 0 Å². The van der Waals surface area contributed by atoms with Crippen molar-refractivity contribution in [1.82, 2.24) is 0 Å². The maximum Gasteiger partial charge on any atom is 0.238 e. The van der Waals surface area contributed by atoms with Crippen molar-refractivity contribution in [2.45, 2.75) is 10.9 Å². The van der Waals surface area contributed by atoms with Gasteiger partial charge in [0.25, 0.3) is 0 Å². The van der Waals surface area contributed by atoms with E-state index in [-0.39, 0.29) is 23.2 Å². The van der Waals surface area contributed by atoms with Crippen LogP contribution in [0.5, 0.6) is 0 Å². The predicted octanol–water partition coefficient (Wildman–Crippen LogP) is -0.329. The number of anilines is 1. The molecule has 0 bridgehead atoms. The summed E-state index contributed by atoms with van der Waals surface area (Å²) in [6.45, 7) is 0.979. The molecule has 1 unspecified atom stereocenters. The molecular weight excluding hydrogens is 275 g/mol. The maximum atomic E-state index is 14.0. The van der Waals surface area contributed by atoms with E-state index in [9.17, 15) is 17.9 Å². The number of morpholine rings is 1. The van der Waals surface area contributed by atoms with Crippen LogP contribution in [0.25, 0.3) is 0 Å².